The third kappa shape index (κ3) is 3.95. The first-order chi connectivity index (χ1) is 15.1. The zero-order valence-corrected chi connectivity index (χ0v) is 18.1. The van der Waals surface area contributed by atoms with Crippen molar-refractivity contribution in [1.29, 1.82) is 0 Å². The number of rotatable bonds is 4. The standard InChI is InChI=1S/C21H20F2N4O4S/c1-12-10-27(21(28)29)6-3-14(12)17-9-24-13(8-25-17)11-26-5-4-15-18(26)7-16(22)20(19(15)23)32(2,30)31/h3-5,7-9,12H,6,10-11H2,1-2H3,(H,28,29). The molecule has 8 nitrogen and oxygen atoms in total. The molecule has 3 heterocycles. The Bertz CT molecular complexity index is 1350. The highest BCUT2D eigenvalue weighted by atomic mass is 32.2. The van der Waals surface area contributed by atoms with Crippen molar-refractivity contribution >= 4 is 32.4 Å². The molecule has 1 N–H and O–H groups in total. The molecule has 2 aromatic heterocycles. The van der Waals surface area contributed by atoms with Crippen LogP contribution in [0.3, 0.4) is 0 Å². The first-order valence-corrected chi connectivity index (χ1v) is 11.6. The van der Waals surface area contributed by atoms with Gasteiger partial charge in [0.1, 0.15) is 10.7 Å². The average molecular weight is 462 g/mol. The summed E-state index contributed by atoms with van der Waals surface area (Å²) in [6.07, 6.45) is 6.27. The summed E-state index contributed by atoms with van der Waals surface area (Å²) in [6, 6.07) is 2.39. The van der Waals surface area contributed by atoms with Crippen molar-refractivity contribution in [3.8, 4) is 0 Å². The second-order valence-corrected chi connectivity index (χ2v) is 9.74. The van der Waals surface area contributed by atoms with Crippen LogP contribution in [0.15, 0.2) is 41.7 Å². The minimum absolute atomic E-state index is 0.000532. The number of fused-ring (bicyclic) bond motifs is 1. The smallest absolute Gasteiger partial charge is 0.407 e. The molecule has 4 rings (SSSR count). The highest BCUT2D eigenvalue weighted by molar-refractivity contribution is 7.90. The third-order valence-electron chi connectivity index (χ3n) is 5.45. The Morgan fingerprint density at radius 3 is 2.62 bits per heavy atom. The number of hydrogen-bond acceptors (Lipinski definition) is 5. The van der Waals surface area contributed by atoms with Crippen molar-refractivity contribution in [3.05, 3.63) is 59.8 Å². The lowest BCUT2D eigenvalue weighted by molar-refractivity contribution is 0.145. The maximum atomic E-state index is 14.6. The molecule has 1 aliphatic rings. The Hall–Kier alpha value is -3.34. The lowest BCUT2D eigenvalue weighted by atomic mass is 9.94. The molecule has 1 amide bonds. The van der Waals surface area contributed by atoms with Crippen LogP contribution in [0, 0.1) is 17.6 Å². The average Bonchev–Trinajstić information content (AvgIpc) is 3.10. The second-order valence-electron chi connectivity index (χ2n) is 7.79. The zero-order chi connectivity index (χ0) is 23.2. The molecule has 32 heavy (non-hydrogen) atoms. The van der Waals surface area contributed by atoms with Gasteiger partial charge in [-0.2, -0.15) is 0 Å². The van der Waals surface area contributed by atoms with Gasteiger partial charge in [0.25, 0.3) is 0 Å². The summed E-state index contributed by atoms with van der Waals surface area (Å²) in [5.74, 6) is -2.30. The minimum Gasteiger partial charge on any atom is -0.465 e. The Morgan fingerprint density at radius 2 is 2.03 bits per heavy atom. The number of hydrogen-bond donors (Lipinski definition) is 1. The quantitative estimate of drug-likeness (QED) is 0.639. The number of amides is 1. The van der Waals surface area contributed by atoms with Gasteiger partial charge < -0.3 is 14.6 Å². The Morgan fingerprint density at radius 1 is 1.28 bits per heavy atom. The zero-order valence-electron chi connectivity index (χ0n) is 17.3. The molecule has 0 saturated carbocycles. The largest absolute Gasteiger partial charge is 0.465 e. The van der Waals surface area contributed by atoms with E-state index in [1.165, 1.54) is 17.2 Å². The summed E-state index contributed by atoms with van der Waals surface area (Å²) >= 11 is 0. The maximum absolute atomic E-state index is 14.6. The monoisotopic (exact) mass is 462 g/mol. The summed E-state index contributed by atoms with van der Waals surface area (Å²) in [6.45, 7) is 2.73. The van der Waals surface area contributed by atoms with Gasteiger partial charge in [0.15, 0.2) is 15.7 Å². The van der Waals surface area contributed by atoms with Crippen molar-refractivity contribution in [1.82, 2.24) is 19.4 Å². The van der Waals surface area contributed by atoms with Gasteiger partial charge in [-0.15, -0.1) is 0 Å². The Kier molecular flexibility index (Phi) is 5.45. The van der Waals surface area contributed by atoms with Crippen molar-refractivity contribution in [2.24, 2.45) is 5.92 Å². The predicted molar refractivity (Wildman–Crippen MR) is 113 cm³/mol. The number of sulfone groups is 1. The number of nitrogens with zero attached hydrogens (tertiary/aromatic N) is 4. The van der Waals surface area contributed by atoms with E-state index in [1.54, 1.807) is 17.0 Å². The molecule has 0 spiro atoms. The fourth-order valence-electron chi connectivity index (χ4n) is 3.91. The molecule has 0 radical (unpaired) electrons. The summed E-state index contributed by atoms with van der Waals surface area (Å²) in [7, 11) is -4.06. The van der Waals surface area contributed by atoms with Crippen LogP contribution in [-0.2, 0) is 16.4 Å². The molecule has 0 fully saturated rings. The molecule has 168 valence electrons. The summed E-state index contributed by atoms with van der Waals surface area (Å²) in [5.41, 5.74) is 2.29. The van der Waals surface area contributed by atoms with Crippen molar-refractivity contribution in [2.45, 2.75) is 18.4 Å². The van der Waals surface area contributed by atoms with Gasteiger partial charge in [0.2, 0.25) is 0 Å². The van der Waals surface area contributed by atoms with E-state index in [2.05, 4.69) is 9.97 Å². The van der Waals surface area contributed by atoms with E-state index in [1.807, 2.05) is 13.0 Å². The first kappa shape index (κ1) is 21.9. The van der Waals surface area contributed by atoms with Crippen LogP contribution in [0.2, 0.25) is 0 Å². The highest BCUT2D eigenvalue weighted by Crippen LogP contribution is 2.29. The van der Waals surface area contributed by atoms with Crippen LogP contribution in [0.25, 0.3) is 16.5 Å². The van der Waals surface area contributed by atoms with Gasteiger partial charge in [0, 0.05) is 36.8 Å². The third-order valence-corrected chi connectivity index (χ3v) is 6.57. The van der Waals surface area contributed by atoms with Gasteiger partial charge in [-0.05, 0) is 17.7 Å². The molecule has 0 saturated heterocycles. The van der Waals surface area contributed by atoms with Crippen molar-refractivity contribution in [2.75, 3.05) is 19.3 Å². The SMILES string of the molecule is CC1CN(C(=O)O)CC=C1c1cnc(Cn2ccc3c(F)c(S(C)(=O)=O)c(F)cc32)cn1. The Labute approximate surface area is 182 Å². The van der Waals surface area contributed by atoms with E-state index in [9.17, 15) is 22.0 Å². The number of aromatic nitrogens is 3. The van der Waals surface area contributed by atoms with Crippen molar-refractivity contribution < 1.29 is 27.1 Å². The van der Waals surface area contributed by atoms with E-state index in [0.717, 1.165) is 17.9 Å². The van der Waals surface area contributed by atoms with E-state index in [-0.39, 0.29) is 29.9 Å². The van der Waals surface area contributed by atoms with Crippen LogP contribution in [0.1, 0.15) is 18.3 Å². The minimum atomic E-state index is -4.06. The summed E-state index contributed by atoms with van der Waals surface area (Å²) in [5, 5.41) is 9.13. The molecule has 0 aliphatic carbocycles. The van der Waals surface area contributed by atoms with Crippen LogP contribution in [-0.4, -0.2) is 58.4 Å². The highest BCUT2D eigenvalue weighted by Gasteiger charge is 2.25. The maximum Gasteiger partial charge on any atom is 0.407 e. The predicted octanol–water partition coefficient (Wildman–Crippen LogP) is 3.17. The molecule has 0 bridgehead atoms. The fraction of sp³-hybridized carbons (Fsp3) is 0.286. The number of benzene rings is 1. The fourth-order valence-corrected chi connectivity index (χ4v) is 4.76. The van der Waals surface area contributed by atoms with E-state index >= 15 is 0 Å². The molecule has 1 aromatic carbocycles. The van der Waals surface area contributed by atoms with Crippen molar-refractivity contribution in [3.63, 3.8) is 0 Å². The van der Waals surface area contributed by atoms with Gasteiger partial charge in [-0.3, -0.25) is 9.97 Å². The molecule has 1 atom stereocenters. The van der Waals surface area contributed by atoms with Crippen LogP contribution in [0.4, 0.5) is 13.6 Å². The van der Waals surface area contributed by atoms with Crippen LogP contribution in [0.5, 0.6) is 0 Å². The lowest BCUT2D eigenvalue weighted by Crippen LogP contribution is -2.37. The lowest BCUT2D eigenvalue weighted by Gasteiger charge is -2.28. The van der Waals surface area contributed by atoms with Gasteiger partial charge >= 0.3 is 6.09 Å². The molecule has 3 aromatic rings. The van der Waals surface area contributed by atoms with E-state index in [0.29, 0.717) is 17.9 Å². The summed E-state index contributed by atoms with van der Waals surface area (Å²) in [4.78, 5) is 20.3. The Balaban J connectivity index is 1.60. The normalized spacial score (nSPS) is 16.9. The molecule has 1 unspecified atom stereocenters. The van der Waals surface area contributed by atoms with E-state index in [4.69, 9.17) is 5.11 Å². The van der Waals surface area contributed by atoms with E-state index < -0.39 is 32.5 Å². The molecular formula is C21H20F2N4O4S. The van der Waals surface area contributed by atoms with Gasteiger partial charge in [-0.25, -0.2) is 22.0 Å². The number of halogens is 2. The number of carbonyl (C=O) groups is 1. The summed E-state index contributed by atoms with van der Waals surface area (Å²) < 4.78 is 54.0. The molecule has 1 aliphatic heterocycles. The topological polar surface area (TPSA) is 105 Å². The first-order valence-electron chi connectivity index (χ1n) is 9.72. The van der Waals surface area contributed by atoms with Crippen LogP contribution >= 0.6 is 0 Å². The van der Waals surface area contributed by atoms with Crippen LogP contribution < -0.4 is 0 Å². The van der Waals surface area contributed by atoms with Gasteiger partial charge in [-0.1, -0.05) is 13.0 Å². The second kappa shape index (κ2) is 7.97. The molecular weight excluding hydrogens is 442 g/mol. The molecule has 11 heteroatoms. The number of carboxylic acid groups (broad SMARTS) is 1. The van der Waals surface area contributed by atoms with Gasteiger partial charge in [0.05, 0.1) is 35.8 Å².